The van der Waals surface area contributed by atoms with Gasteiger partial charge in [0.05, 0.1) is 12.5 Å². The summed E-state index contributed by atoms with van der Waals surface area (Å²) in [5.74, 6) is 1.08. The molecule has 1 aromatic heterocycles. The number of aromatic nitrogens is 2. The van der Waals surface area contributed by atoms with Crippen molar-refractivity contribution >= 4 is 0 Å². The lowest BCUT2D eigenvalue weighted by Crippen LogP contribution is -2.12. The van der Waals surface area contributed by atoms with E-state index in [-0.39, 0.29) is 11.9 Å². The Kier molecular flexibility index (Phi) is 3.29. The van der Waals surface area contributed by atoms with E-state index in [1.165, 1.54) is 12.1 Å². The van der Waals surface area contributed by atoms with Crippen LogP contribution >= 0.6 is 0 Å². The fraction of sp³-hybridized carbons (Fsp3) is 0.429. The van der Waals surface area contributed by atoms with Crippen LogP contribution in [0.15, 0.2) is 28.8 Å². The fourth-order valence-electron chi connectivity index (χ4n) is 2.10. The molecule has 5 heteroatoms. The van der Waals surface area contributed by atoms with Crippen LogP contribution in [0.5, 0.6) is 0 Å². The van der Waals surface area contributed by atoms with Crippen molar-refractivity contribution in [2.24, 2.45) is 5.92 Å². The Morgan fingerprint density at radius 3 is 3.00 bits per heavy atom. The Balaban J connectivity index is 1.64. The zero-order valence-electron chi connectivity index (χ0n) is 10.4. The van der Waals surface area contributed by atoms with E-state index in [1.807, 2.05) is 6.07 Å². The maximum absolute atomic E-state index is 13.0. The van der Waals surface area contributed by atoms with Crippen molar-refractivity contribution in [2.75, 3.05) is 0 Å². The first-order valence-corrected chi connectivity index (χ1v) is 6.44. The molecule has 1 atom stereocenters. The van der Waals surface area contributed by atoms with Gasteiger partial charge in [-0.05, 0) is 36.5 Å². The maximum Gasteiger partial charge on any atom is 0.229 e. The molecule has 3 rings (SSSR count). The van der Waals surface area contributed by atoms with Gasteiger partial charge in [0.1, 0.15) is 5.82 Å². The van der Waals surface area contributed by atoms with E-state index in [4.69, 9.17) is 4.52 Å². The molecule has 0 radical (unpaired) electrons. The molecule has 19 heavy (non-hydrogen) atoms. The van der Waals surface area contributed by atoms with E-state index in [0.717, 1.165) is 18.4 Å². The van der Waals surface area contributed by atoms with Crippen LogP contribution < -0.4 is 0 Å². The smallest absolute Gasteiger partial charge is 0.229 e. The van der Waals surface area contributed by atoms with E-state index in [1.54, 1.807) is 6.07 Å². The summed E-state index contributed by atoms with van der Waals surface area (Å²) in [5, 5.41) is 13.7. The van der Waals surface area contributed by atoms with Gasteiger partial charge in [0.15, 0.2) is 5.82 Å². The SMILES string of the molecule is OC(Cc1nc(Cc2cccc(F)c2)no1)C1CC1. The molecule has 0 spiro atoms. The molecule has 1 aromatic carbocycles. The van der Waals surface area contributed by atoms with E-state index in [2.05, 4.69) is 10.1 Å². The number of aliphatic hydroxyl groups is 1. The van der Waals surface area contributed by atoms with Gasteiger partial charge in [-0.25, -0.2) is 4.39 Å². The van der Waals surface area contributed by atoms with Crippen molar-refractivity contribution < 1.29 is 14.0 Å². The lowest BCUT2D eigenvalue weighted by Gasteiger charge is -2.03. The Labute approximate surface area is 110 Å². The predicted octanol–water partition coefficient (Wildman–Crippen LogP) is 2.11. The topological polar surface area (TPSA) is 59.2 Å². The third-order valence-corrected chi connectivity index (χ3v) is 3.31. The standard InChI is InChI=1S/C14H15FN2O2/c15-11-3-1-2-9(6-11)7-13-16-14(19-17-13)8-12(18)10-4-5-10/h1-3,6,10,12,18H,4-5,7-8H2. The Morgan fingerprint density at radius 1 is 1.42 bits per heavy atom. The molecule has 1 unspecified atom stereocenters. The summed E-state index contributed by atoms with van der Waals surface area (Å²) in [6, 6.07) is 6.33. The van der Waals surface area contributed by atoms with Gasteiger partial charge in [-0.2, -0.15) is 4.98 Å². The molecule has 0 saturated heterocycles. The second-order valence-corrected chi connectivity index (χ2v) is 5.02. The molecule has 1 N–H and O–H groups in total. The van der Waals surface area contributed by atoms with E-state index in [0.29, 0.717) is 30.5 Å². The highest BCUT2D eigenvalue weighted by Crippen LogP contribution is 2.33. The zero-order chi connectivity index (χ0) is 13.2. The van der Waals surface area contributed by atoms with Gasteiger partial charge in [0.25, 0.3) is 0 Å². The highest BCUT2D eigenvalue weighted by atomic mass is 19.1. The number of benzene rings is 1. The van der Waals surface area contributed by atoms with Crippen molar-refractivity contribution in [1.82, 2.24) is 10.1 Å². The summed E-state index contributed by atoms with van der Waals surface area (Å²) in [7, 11) is 0. The van der Waals surface area contributed by atoms with Crippen molar-refractivity contribution in [3.05, 3.63) is 47.4 Å². The Morgan fingerprint density at radius 2 is 2.26 bits per heavy atom. The zero-order valence-corrected chi connectivity index (χ0v) is 10.4. The van der Waals surface area contributed by atoms with Crippen LogP contribution in [-0.2, 0) is 12.8 Å². The summed E-state index contributed by atoms with van der Waals surface area (Å²) in [4.78, 5) is 4.23. The third-order valence-electron chi connectivity index (χ3n) is 3.31. The van der Waals surface area contributed by atoms with Crippen molar-refractivity contribution in [2.45, 2.75) is 31.8 Å². The summed E-state index contributed by atoms with van der Waals surface area (Å²) in [5.41, 5.74) is 0.801. The number of nitrogens with zero attached hydrogens (tertiary/aromatic N) is 2. The second-order valence-electron chi connectivity index (χ2n) is 5.02. The predicted molar refractivity (Wildman–Crippen MR) is 65.9 cm³/mol. The van der Waals surface area contributed by atoms with Gasteiger partial charge in [-0.1, -0.05) is 17.3 Å². The molecule has 4 nitrogen and oxygen atoms in total. The number of hydrogen-bond acceptors (Lipinski definition) is 4. The lowest BCUT2D eigenvalue weighted by molar-refractivity contribution is 0.140. The number of aliphatic hydroxyl groups excluding tert-OH is 1. The van der Waals surface area contributed by atoms with Gasteiger partial charge in [-0.3, -0.25) is 0 Å². The van der Waals surface area contributed by atoms with Crippen LogP contribution in [0.3, 0.4) is 0 Å². The Hall–Kier alpha value is -1.75. The molecule has 0 aliphatic heterocycles. The minimum atomic E-state index is -0.387. The largest absolute Gasteiger partial charge is 0.392 e. The molecular weight excluding hydrogens is 247 g/mol. The first-order valence-electron chi connectivity index (χ1n) is 6.44. The third kappa shape index (κ3) is 3.17. The van der Waals surface area contributed by atoms with Gasteiger partial charge < -0.3 is 9.63 Å². The minimum absolute atomic E-state index is 0.273. The average molecular weight is 262 g/mol. The minimum Gasteiger partial charge on any atom is -0.392 e. The number of halogens is 1. The maximum atomic E-state index is 13.0. The van der Waals surface area contributed by atoms with E-state index >= 15 is 0 Å². The Bertz CT molecular complexity index is 566. The summed E-state index contributed by atoms with van der Waals surface area (Å²) >= 11 is 0. The fourth-order valence-corrected chi connectivity index (χ4v) is 2.10. The van der Waals surface area contributed by atoms with Crippen LogP contribution in [-0.4, -0.2) is 21.4 Å². The molecular formula is C14H15FN2O2. The number of hydrogen-bond donors (Lipinski definition) is 1. The number of rotatable bonds is 5. The normalized spacial score (nSPS) is 16.5. The van der Waals surface area contributed by atoms with Gasteiger partial charge in [0.2, 0.25) is 5.89 Å². The van der Waals surface area contributed by atoms with E-state index in [9.17, 15) is 9.50 Å². The molecule has 2 aromatic rings. The van der Waals surface area contributed by atoms with Crippen LogP contribution in [0, 0.1) is 11.7 Å². The molecule has 1 heterocycles. The molecule has 0 bridgehead atoms. The lowest BCUT2D eigenvalue weighted by atomic mass is 10.1. The monoisotopic (exact) mass is 262 g/mol. The van der Waals surface area contributed by atoms with Crippen LogP contribution in [0.2, 0.25) is 0 Å². The highest BCUT2D eigenvalue weighted by Gasteiger charge is 2.31. The summed E-state index contributed by atoms with van der Waals surface area (Å²) in [6.45, 7) is 0. The molecule has 100 valence electrons. The molecule has 1 saturated carbocycles. The van der Waals surface area contributed by atoms with Gasteiger partial charge in [0, 0.05) is 6.42 Å². The van der Waals surface area contributed by atoms with Gasteiger partial charge in [-0.15, -0.1) is 0 Å². The van der Waals surface area contributed by atoms with Crippen LogP contribution in [0.4, 0.5) is 4.39 Å². The summed E-state index contributed by atoms with van der Waals surface area (Å²) in [6.07, 6.45) is 2.60. The van der Waals surface area contributed by atoms with Crippen LogP contribution in [0.1, 0.15) is 30.1 Å². The highest BCUT2D eigenvalue weighted by molar-refractivity contribution is 5.19. The summed E-state index contributed by atoms with van der Waals surface area (Å²) < 4.78 is 18.1. The van der Waals surface area contributed by atoms with Crippen LogP contribution in [0.25, 0.3) is 0 Å². The van der Waals surface area contributed by atoms with Gasteiger partial charge >= 0.3 is 0 Å². The van der Waals surface area contributed by atoms with Crippen molar-refractivity contribution in [1.29, 1.82) is 0 Å². The van der Waals surface area contributed by atoms with Crippen molar-refractivity contribution in [3.8, 4) is 0 Å². The molecule has 0 amide bonds. The van der Waals surface area contributed by atoms with E-state index < -0.39 is 0 Å². The molecule has 1 aliphatic rings. The molecule has 1 fully saturated rings. The average Bonchev–Trinajstić information content (AvgIpc) is 3.13. The quantitative estimate of drug-likeness (QED) is 0.896. The second kappa shape index (κ2) is 5.09. The molecule has 1 aliphatic carbocycles. The first kappa shape index (κ1) is 12.3. The first-order chi connectivity index (χ1) is 9.20. The van der Waals surface area contributed by atoms with Crippen molar-refractivity contribution in [3.63, 3.8) is 0 Å².